The molecule has 2 bridgehead atoms. The minimum Gasteiger partial charge on any atom is -0.469 e. The number of hydrogen-bond donors (Lipinski definition) is 0. The fourth-order valence-electron chi connectivity index (χ4n) is 3.77. The normalized spacial score (nSPS) is 29.5. The van der Waals surface area contributed by atoms with Crippen LogP contribution in [0, 0.1) is 5.92 Å². The van der Waals surface area contributed by atoms with Gasteiger partial charge in [-0.05, 0) is 32.0 Å². The van der Waals surface area contributed by atoms with Crippen molar-refractivity contribution in [2.24, 2.45) is 5.92 Å². The largest absolute Gasteiger partial charge is 0.469 e. The summed E-state index contributed by atoms with van der Waals surface area (Å²) in [7, 11) is 3.42. The van der Waals surface area contributed by atoms with E-state index in [1.54, 1.807) is 24.3 Å². The molecular weight excluding hydrogens is 318 g/mol. The average molecular weight is 340 g/mol. The number of fused-ring (bicyclic) bond motifs is 2. The van der Waals surface area contributed by atoms with Crippen molar-refractivity contribution < 1.29 is 19.1 Å². The maximum Gasteiger partial charge on any atom is 0.338 e. The Bertz CT molecular complexity index is 565. The number of methoxy groups -OCH3 is 1. The molecule has 0 aromatic heterocycles. The Morgan fingerprint density at radius 3 is 2.52 bits per heavy atom. The van der Waals surface area contributed by atoms with Gasteiger partial charge in [-0.25, -0.2) is 4.79 Å². The van der Waals surface area contributed by atoms with Gasteiger partial charge in [0.25, 0.3) is 0 Å². The Morgan fingerprint density at radius 1 is 1.17 bits per heavy atom. The lowest BCUT2D eigenvalue weighted by molar-refractivity contribution is -0.156. The van der Waals surface area contributed by atoms with Gasteiger partial charge in [-0.15, -0.1) is 12.4 Å². The number of ether oxygens (including phenoxy) is 2. The Labute approximate surface area is 142 Å². The fourth-order valence-corrected chi connectivity index (χ4v) is 3.77. The first kappa shape index (κ1) is 17.8. The first-order valence-corrected chi connectivity index (χ1v) is 7.67. The summed E-state index contributed by atoms with van der Waals surface area (Å²) in [6.45, 7) is 0. The Balaban J connectivity index is 0.00000192. The van der Waals surface area contributed by atoms with E-state index in [0.717, 1.165) is 12.8 Å². The summed E-state index contributed by atoms with van der Waals surface area (Å²) >= 11 is 0. The minimum atomic E-state index is -0.408. The highest BCUT2D eigenvalue weighted by atomic mass is 35.5. The number of carbonyl (C=O) groups is 2. The van der Waals surface area contributed by atoms with Crippen LogP contribution in [-0.2, 0) is 14.3 Å². The topological polar surface area (TPSA) is 55.8 Å². The van der Waals surface area contributed by atoms with Gasteiger partial charge in [-0.3, -0.25) is 9.69 Å². The molecule has 0 amide bonds. The van der Waals surface area contributed by atoms with E-state index < -0.39 is 12.0 Å². The second-order valence-corrected chi connectivity index (χ2v) is 6.06. The molecule has 2 aliphatic rings. The van der Waals surface area contributed by atoms with Gasteiger partial charge in [-0.2, -0.15) is 0 Å². The molecule has 5 nitrogen and oxygen atoms in total. The van der Waals surface area contributed by atoms with Crippen LogP contribution in [0.4, 0.5) is 0 Å². The Kier molecular flexibility index (Phi) is 5.65. The van der Waals surface area contributed by atoms with Crippen LogP contribution in [0.1, 0.15) is 29.6 Å². The highest BCUT2D eigenvalue weighted by molar-refractivity contribution is 5.89. The van der Waals surface area contributed by atoms with Crippen LogP contribution >= 0.6 is 12.4 Å². The van der Waals surface area contributed by atoms with Crippen molar-refractivity contribution in [3.63, 3.8) is 0 Å². The summed E-state index contributed by atoms with van der Waals surface area (Å²) in [5.41, 5.74) is 0.511. The van der Waals surface area contributed by atoms with Crippen LogP contribution in [0.3, 0.4) is 0 Å². The van der Waals surface area contributed by atoms with Crippen LogP contribution in [0.25, 0.3) is 0 Å². The highest BCUT2D eigenvalue weighted by Gasteiger charge is 2.50. The summed E-state index contributed by atoms with van der Waals surface area (Å²) in [5.74, 6) is -1.06. The number of piperidine rings is 1. The SMILES string of the molecule is COC(=O)[C@H]1[C@H]2CC[C@@H](C[C@H]1OC(=O)c1ccccc1)N2C.Cl. The third kappa shape index (κ3) is 3.35. The molecule has 0 radical (unpaired) electrons. The molecule has 3 rings (SSSR count). The third-order valence-corrected chi connectivity index (χ3v) is 4.96. The number of nitrogens with zero attached hydrogens (tertiary/aromatic N) is 1. The van der Waals surface area contributed by atoms with E-state index in [9.17, 15) is 9.59 Å². The maximum atomic E-state index is 12.3. The lowest BCUT2D eigenvalue weighted by Gasteiger charge is -2.40. The zero-order chi connectivity index (χ0) is 15.7. The molecule has 4 atom stereocenters. The van der Waals surface area contributed by atoms with E-state index >= 15 is 0 Å². The van der Waals surface area contributed by atoms with Gasteiger partial charge in [0.15, 0.2) is 0 Å². The monoisotopic (exact) mass is 339 g/mol. The second-order valence-electron chi connectivity index (χ2n) is 6.06. The molecule has 2 heterocycles. The van der Waals surface area contributed by atoms with E-state index in [4.69, 9.17) is 9.47 Å². The number of carbonyl (C=O) groups excluding carboxylic acids is 2. The number of benzene rings is 1. The second kappa shape index (κ2) is 7.32. The predicted molar refractivity (Wildman–Crippen MR) is 87.6 cm³/mol. The highest BCUT2D eigenvalue weighted by Crippen LogP contribution is 2.40. The minimum absolute atomic E-state index is 0. The number of halogens is 1. The Hall–Kier alpha value is -1.59. The molecule has 0 aliphatic carbocycles. The van der Waals surface area contributed by atoms with Gasteiger partial charge >= 0.3 is 11.9 Å². The number of esters is 2. The van der Waals surface area contributed by atoms with Gasteiger partial charge in [0.05, 0.1) is 12.7 Å². The Morgan fingerprint density at radius 2 is 1.87 bits per heavy atom. The van der Waals surface area contributed by atoms with Crippen LogP contribution in [-0.4, -0.2) is 49.2 Å². The summed E-state index contributed by atoms with van der Waals surface area (Å²) in [4.78, 5) is 26.7. The van der Waals surface area contributed by atoms with Crippen molar-refractivity contribution in [2.75, 3.05) is 14.2 Å². The van der Waals surface area contributed by atoms with Gasteiger partial charge in [0.1, 0.15) is 12.0 Å². The molecule has 2 fully saturated rings. The molecule has 0 spiro atoms. The molecule has 0 N–H and O–H groups in total. The van der Waals surface area contributed by atoms with E-state index in [2.05, 4.69) is 4.90 Å². The van der Waals surface area contributed by atoms with Gasteiger partial charge in [0, 0.05) is 18.5 Å². The zero-order valence-electron chi connectivity index (χ0n) is 13.3. The summed E-state index contributed by atoms with van der Waals surface area (Å²) in [6.07, 6.45) is 2.26. The van der Waals surface area contributed by atoms with Crippen molar-refractivity contribution >= 4 is 24.3 Å². The number of rotatable bonds is 3. The predicted octanol–water partition coefficient (Wildman–Crippen LogP) is 2.29. The quantitative estimate of drug-likeness (QED) is 0.791. The van der Waals surface area contributed by atoms with Crippen LogP contribution in [0.2, 0.25) is 0 Å². The lowest BCUT2D eigenvalue weighted by atomic mass is 9.87. The summed E-state index contributed by atoms with van der Waals surface area (Å²) in [5, 5.41) is 0. The van der Waals surface area contributed by atoms with Crippen molar-refractivity contribution in [3.05, 3.63) is 35.9 Å². The molecular formula is C17H22ClNO4. The lowest BCUT2D eigenvalue weighted by Crippen LogP contribution is -2.53. The molecule has 2 saturated heterocycles. The smallest absolute Gasteiger partial charge is 0.338 e. The molecule has 126 valence electrons. The molecule has 2 aliphatic heterocycles. The van der Waals surface area contributed by atoms with Crippen molar-refractivity contribution in [3.8, 4) is 0 Å². The van der Waals surface area contributed by atoms with Crippen LogP contribution in [0.15, 0.2) is 30.3 Å². The number of hydrogen-bond acceptors (Lipinski definition) is 5. The fraction of sp³-hybridized carbons (Fsp3) is 0.529. The van der Waals surface area contributed by atoms with E-state index in [-0.39, 0.29) is 30.4 Å². The maximum absolute atomic E-state index is 12.3. The molecule has 23 heavy (non-hydrogen) atoms. The molecule has 0 unspecified atom stereocenters. The average Bonchev–Trinajstić information content (AvgIpc) is 2.78. The third-order valence-electron chi connectivity index (χ3n) is 4.96. The van der Waals surface area contributed by atoms with Crippen LogP contribution in [0.5, 0.6) is 0 Å². The van der Waals surface area contributed by atoms with E-state index in [1.165, 1.54) is 7.11 Å². The molecule has 1 aromatic carbocycles. The van der Waals surface area contributed by atoms with Gasteiger partial charge in [0.2, 0.25) is 0 Å². The van der Waals surface area contributed by atoms with E-state index in [0.29, 0.717) is 18.0 Å². The van der Waals surface area contributed by atoms with Crippen molar-refractivity contribution in [1.29, 1.82) is 0 Å². The van der Waals surface area contributed by atoms with Gasteiger partial charge in [-0.1, -0.05) is 18.2 Å². The first-order valence-electron chi connectivity index (χ1n) is 7.67. The molecule has 0 saturated carbocycles. The summed E-state index contributed by atoms with van der Waals surface area (Å²) < 4.78 is 10.6. The summed E-state index contributed by atoms with van der Waals surface area (Å²) in [6, 6.07) is 9.36. The van der Waals surface area contributed by atoms with E-state index in [1.807, 2.05) is 13.1 Å². The molecule has 1 aromatic rings. The first-order chi connectivity index (χ1) is 10.6. The van der Waals surface area contributed by atoms with Crippen molar-refractivity contribution in [2.45, 2.75) is 37.5 Å². The van der Waals surface area contributed by atoms with Crippen LogP contribution < -0.4 is 0 Å². The standard InChI is InChI=1S/C17H21NO4.ClH/c1-18-12-8-9-13(18)15(17(20)21-2)14(10-12)22-16(19)11-6-4-3-5-7-11;/h3-7,12-15H,8-10H2,1-2H3;1H/t12-,13+,14+,15-;/m0./s1. The zero-order valence-corrected chi connectivity index (χ0v) is 14.1. The molecule has 6 heteroatoms. The van der Waals surface area contributed by atoms with Gasteiger partial charge < -0.3 is 9.47 Å². The van der Waals surface area contributed by atoms with Crippen molar-refractivity contribution in [1.82, 2.24) is 4.90 Å².